The molecule has 5 heavy (non-hydrogen) atoms. The van der Waals surface area contributed by atoms with Crippen molar-refractivity contribution in [3.63, 3.8) is 0 Å². The predicted molar refractivity (Wildman–Crippen MR) is 37.4 cm³/mol. The monoisotopic (exact) mass is 172 g/mol. The Kier molecular flexibility index (Phi) is 10.0. The van der Waals surface area contributed by atoms with Crippen molar-refractivity contribution in [2.24, 2.45) is 0 Å². The van der Waals surface area contributed by atoms with Crippen LogP contribution in [0.5, 0.6) is 0 Å². The summed E-state index contributed by atoms with van der Waals surface area (Å²) < 4.78 is 0.222. The Bertz CT molecular complexity index is 12.4. The topological polar surface area (TPSA) is 0 Å². The van der Waals surface area contributed by atoms with Gasteiger partial charge in [-0.05, 0) is 6.92 Å². The molecule has 1 atom stereocenters. The van der Waals surface area contributed by atoms with Crippen LogP contribution < -0.4 is 0 Å². The summed E-state index contributed by atoms with van der Waals surface area (Å²) in [6.45, 7) is 1.90. The van der Waals surface area contributed by atoms with Gasteiger partial charge in [-0.25, -0.2) is 0 Å². The zero-order valence-electron chi connectivity index (χ0n) is 3.18. The van der Waals surface area contributed by atoms with E-state index in [-0.39, 0.29) is 22.5 Å². The normalized spacial score (nSPS) is 7.20. The number of hydrogen-bond acceptors (Lipinski definition) is 2. The average Bonchev–Trinajstić information content (AvgIpc) is 0.811. The third-order valence-corrected chi connectivity index (χ3v) is 0. The van der Waals surface area contributed by atoms with Crippen molar-refractivity contribution in [1.29, 1.82) is 0 Å². The van der Waals surface area contributed by atoms with Gasteiger partial charge < -0.3 is 0 Å². The summed E-state index contributed by atoms with van der Waals surface area (Å²) in [6.07, 6.45) is 0. The van der Waals surface area contributed by atoms with Crippen LogP contribution in [0.25, 0.3) is 0 Å². The Morgan fingerprint density at radius 2 is 1.40 bits per heavy atom. The second-order valence-corrected chi connectivity index (χ2v) is 2.59. The van der Waals surface area contributed by atoms with Gasteiger partial charge in [0.2, 0.25) is 0 Å². The molecule has 0 aromatic heterocycles. The van der Waals surface area contributed by atoms with E-state index in [9.17, 15) is 0 Å². The third-order valence-electron chi connectivity index (χ3n) is 0. The van der Waals surface area contributed by atoms with Crippen molar-refractivity contribution in [2.45, 2.75) is 11.5 Å². The van der Waals surface area contributed by atoms with E-state index in [1.54, 1.807) is 0 Å². The van der Waals surface area contributed by atoms with Gasteiger partial charge in [-0.2, -0.15) is 25.3 Å². The molecule has 3 heteroatoms. The van der Waals surface area contributed by atoms with Crippen LogP contribution >= 0.6 is 25.3 Å². The van der Waals surface area contributed by atoms with Gasteiger partial charge in [-0.1, -0.05) is 0 Å². The Labute approximate surface area is 54.9 Å². The van der Waals surface area contributed by atoms with Crippen molar-refractivity contribution >= 4 is 43.2 Å². The first-order valence-corrected chi connectivity index (χ1v) is 2.13. The molecule has 0 bridgehead atoms. The van der Waals surface area contributed by atoms with Gasteiger partial charge >= 0.3 is 18.0 Å². The second kappa shape index (κ2) is 5.26. The van der Waals surface area contributed by atoms with Crippen molar-refractivity contribution < 1.29 is 0 Å². The predicted octanol–water partition coefficient (Wildman–Crippen LogP) is 0.00810. The van der Waals surface area contributed by atoms with Crippen molar-refractivity contribution in [3.8, 4) is 0 Å². The van der Waals surface area contributed by atoms with Crippen molar-refractivity contribution in [3.05, 3.63) is 0 Å². The first-order valence-electron chi connectivity index (χ1n) is 1.09. The van der Waals surface area contributed by atoms with Crippen LogP contribution in [0.3, 0.4) is 0 Å². The first-order chi connectivity index (χ1) is 1.73. The summed E-state index contributed by atoms with van der Waals surface area (Å²) in [4.78, 5) is 0. The van der Waals surface area contributed by atoms with Crippen LogP contribution in [0.2, 0.25) is 0 Å². The van der Waals surface area contributed by atoms with Crippen LogP contribution in [-0.4, -0.2) is 22.5 Å². The van der Waals surface area contributed by atoms with Crippen LogP contribution in [0, 0.1) is 0 Å². The molecular weight excluding hydrogens is 163 g/mol. The van der Waals surface area contributed by atoms with E-state index < -0.39 is 0 Å². The second-order valence-electron chi connectivity index (χ2n) is 0.632. The Balaban J connectivity index is 0. The van der Waals surface area contributed by atoms with Crippen molar-refractivity contribution in [2.75, 3.05) is 0 Å². The van der Waals surface area contributed by atoms with Gasteiger partial charge in [0.05, 0.1) is 0 Å². The molecule has 0 aliphatic rings. The SMILES string of the molecule is CC(S)S.[AsH3]. The summed E-state index contributed by atoms with van der Waals surface area (Å²) in [6, 6.07) is 0. The Morgan fingerprint density at radius 3 is 1.40 bits per heavy atom. The standard InChI is InChI=1S/C2H6S2.AsH3/c1-2(3)4;/h2-4H,1H3;1H3. The van der Waals surface area contributed by atoms with E-state index >= 15 is 0 Å². The number of rotatable bonds is 0. The fourth-order valence-corrected chi connectivity index (χ4v) is 0. The zero-order chi connectivity index (χ0) is 3.58. The fourth-order valence-electron chi connectivity index (χ4n) is 0. The van der Waals surface area contributed by atoms with E-state index in [0.717, 1.165) is 0 Å². The zero-order valence-corrected chi connectivity index (χ0v) is 7.93. The van der Waals surface area contributed by atoms with E-state index in [1.165, 1.54) is 0 Å². The van der Waals surface area contributed by atoms with Crippen LogP contribution in [-0.2, 0) is 0 Å². The maximum absolute atomic E-state index is 3.83. The van der Waals surface area contributed by atoms with Gasteiger partial charge in [0.15, 0.2) is 0 Å². The third kappa shape index (κ3) is 35.3. The molecular formula is C2H9AsS2. The van der Waals surface area contributed by atoms with Gasteiger partial charge in [0, 0.05) is 4.58 Å². The van der Waals surface area contributed by atoms with E-state index in [2.05, 4.69) is 25.3 Å². The summed E-state index contributed by atoms with van der Waals surface area (Å²) >= 11 is 7.66. The quantitative estimate of drug-likeness (QED) is 0.287. The number of thiol groups is 2. The minimum absolute atomic E-state index is 0. The molecule has 0 amide bonds. The summed E-state index contributed by atoms with van der Waals surface area (Å²) in [7, 11) is 0. The molecule has 0 spiro atoms. The Morgan fingerprint density at radius 1 is 1.40 bits per heavy atom. The number of hydrogen-bond donors (Lipinski definition) is 2. The molecule has 0 aromatic carbocycles. The molecule has 0 aliphatic carbocycles. The molecule has 34 valence electrons. The van der Waals surface area contributed by atoms with Gasteiger partial charge in [-0.15, -0.1) is 0 Å². The molecule has 0 aromatic rings. The molecule has 0 fully saturated rings. The van der Waals surface area contributed by atoms with E-state index in [1.807, 2.05) is 6.92 Å². The van der Waals surface area contributed by atoms with Gasteiger partial charge in [0.25, 0.3) is 0 Å². The molecule has 0 aliphatic heterocycles. The Hall–Kier alpha value is 1.26. The molecule has 0 heterocycles. The molecule has 0 saturated carbocycles. The van der Waals surface area contributed by atoms with Gasteiger partial charge in [-0.3, -0.25) is 0 Å². The maximum atomic E-state index is 3.83. The summed E-state index contributed by atoms with van der Waals surface area (Å²) in [5, 5.41) is 0. The molecule has 0 saturated heterocycles. The summed E-state index contributed by atoms with van der Waals surface area (Å²) in [5.74, 6) is 0. The van der Waals surface area contributed by atoms with Crippen LogP contribution in [0.4, 0.5) is 0 Å². The van der Waals surface area contributed by atoms with Crippen LogP contribution in [0.1, 0.15) is 6.92 Å². The molecule has 0 nitrogen and oxygen atoms in total. The van der Waals surface area contributed by atoms with E-state index in [0.29, 0.717) is 0 Å². The van der Waals surface area contributed by atoms with E-state index in [4.69, 9.17) is 0 Å². The molecule has 0 N–H and O–H groups in total. The van der Waals surface area contributed by atoms with Gasteiger partial charge in [0.1, 0.15) is 0 Å². The molecule has 0 rings (SSSR count). The van der Waals surface area contributed by atoms with Crippen molar-refractivity contribution in [1.82, 2.24) is 0 Å². The summed E-state index contributed by atoms with van der Waals surface area (Å²) in [5.41, 5.74) is 0. The molecule has 1 unspecified atom stereocenters. The average molecular weight is 172 g/mol. The first kappa shape index (κ1) is 9.54. The van der Waals surface area contributed by atoms with Crippen LogP contribution in [0.15, 0.2) is 0 Å². The fraction of sp³-hybridized carbons (Fsp3) is 1.00. The molecule has 0 radical (unpaired) electrons. The minimum atomic E-state index is 0.